The summed E-state index contributed by atoms with van der Waals surface area (Å²) >= 11 is 0. The van der Waals surface area contributed by atoms with Gasteiger partial charge in [-0.05, 0) is 62.2 Å². The summed E-state index contributed by atoms with van der Waals surface area (Å²) in [5.74, 6) is 0.933. The smallest absolute Gasteiger partial charge is 0.123 e. The Morgan fingerprint density at radius 3 is 2.67 bits per heavy atom. The van der Waals surface area contributed by atoms with E-state index < -0.39 is 6.10 Å². The van der Waals surface area contributed by atoms with E-state index in [4.69, 9.17) is 4.74 Å². The van der Waals surface area contributed by atoms with Crippen LogP contribution < -0.4 is 4.74 Å². The Kier molecular flexibility index (Phi) is 5.82. The number of ether oxygens (including phenoxy) is 1. The number of hydrogen-bond acceptors (Lipinski definition) is 4. The van der Waals surface area contributed by atoms with Crippen molar-refractivity contribution in [1.29, 1.82) is 0 Å². The van der Waals surface area contributed by atoms with Crippen molar-refractivity contribution in [2.24, 2.45) is 5.92 Å². The van der Waals surface area contributed by atoms with Gasteiger partial charge < -0.3 is 14.7 Å². The molecule has 1 aliphatic rings. The quantitative estimate of drug-likeness (QED) is 0.844. The highest BCUT2D eigenvalue weighted by Crippen LogP contribution is 2.19. The second kappa shape index (κ2) is 8.26. The van der Waals surface area contributed by atoms with Crippen LogP contribution >= 0.6 is 0 Å². The van der Waals surface area contributed by atoms with Gasteiger partial charge in [0, 0.05) is 25.5 Å². The fourth-order valence-electron chi connectivity index (χ4n) is 3.10. The van der Waals surface area contributed by atoms with Crippen molar-refractivity contribution in [3.8, 4) is 5.75 Å². The minimum Gasteiger partial charge on any atom is -0.491 e. The average Bonchev–Trinajstić information content (AvgIpc) is 3.09. The first-order chi connectivity index (χ1) is 11.7. The summed E-state index contributed by atoms with van der Waals surface area (Å²) in [5.41, 5.74) is 0. The molecule has 0 radical (unpaired) electrons. The third-order valence-electron chi connectivity index (χ3n) is 4.44. The number of likely N-dealkylation sites (tertiary alicyclic amines) is 1. The van der Waals surface area contributed by atoms with E-state index in [1.54, 1.807) is 12.1 Å². The monoisotopic (exact) mass is 333 g/mol. The first-order valence-electron chi connectivity index (χ1n) is 8.45. The van der Waals surface area contributed by atoms with Crippen LogP contribution in [0, 0.1) is 11.7 Å². The molecule has 1 saturated heterocycles. The molecule has 1 aliphatic heterocycles. The maximum Gasteiger partial charge on any atom is 0.123 e. The number of aliphatic hydroxyl groups excluding tert-OH is 1. The van der Waals surface area contributed by atoms with Gasteiger partial charge in [-0.25, -0.2) is 4.39 Å². The minimum absolute atomic E-state index is 0.221. The van der Waals surface area contributed by atoms with Crippen LogP contribution in [0.2, 0.25) is 0 Å². The van der Waals surface area contributed by atoms with E-state index in [2.05, 4.69) is 10.00 Å². The van der Waals surface area contributed by atoms with Gasteiger partial charge in [0.2, 0.25) is 0 Å². The van der Waals surface area contributed by atoms with E-state index >= 15 is 0 Å². The number of piperidine rings is 1. The lowest BCUT2D eigenvalue weighted by atomic mass is 9.96. The second-order valence-corrected chi connectivity index (χ2v) is 6.39. The molecule has 5 nitrogen and oxygen atoms in total. The van der Waals surface area contributed by atoms with Gasteiger partial charge in [-0.1, -0.05) is 0 Å². The summed E-state index contributed by atoms with van der Waals surface area (Å²) in [6.07, 6.45) is 5.50. The van der Waals surface area contributed by atoms with Crippen molar-refractivity contribution < 1.29 is 14.2 Å². The van der Waals surface area contributed by atoms with Crippen LogP contribution in [0.25, 0.3) is 0 Å². The van der Waals surface area contributed by atoms with E-state index in [1.807, 2.05) is 23.1 Å². The molecular weight excluding hydrogens is 309 g/mol. The summed E-state index contributed by atoms with van der Waals surface area (Å²) in [7, 11) is 0. The van der Waals surface area contributed by atoms with Crippen molar-refractivity contribution in [2.75, 3.05) is 26.2 Å². The van der Waals surface area contributed by atoms with Gasteiger partial charge in [0.15, 0.2) is 0 Å². The van der Waals surface area contributed by atoms with E-state index in [1.165, 1.54) is 12.1 Å². The number of nitrogens with zero attached hydrogens (tertiary/aromatic N) is 3. The van der Waals surface area contributed by atoms with Crippen molar-refractivity contribution >= 4 is 0 Å². The molecule has 0 saturated carbocycles. The highest BCUT2D eigenvalue weighted by molar-refractivity contribution is 5.22. The molecule has 3 rings (SSSR count). The maximum absolute atomic E-state index is 12.8. The lowest BCUT2D eigenvalue weighted by molar-refractivity contribution is 0.0533. The van der Waals surface area contributed by atoms with Gasteiger partial charge in [0.25, 0.3) is 0 Å². The Morgan fingerprint density at radius 1 is 1.25 bits per heavy atom. The van der Waals surface area contributed by atoms with Gasteiger partial charge in [0.1, 0.15) is 24.3 Å². The Bertz CT molecular complexity index is 595. The number of hydrogen-bond donors (Lipinski definition) is 1. The molecule has 0 bridgehead atoms. The fourth-order valence-corrected chi connectivity index (χ4v) is 3.10. The topological polar surface area (TPSA) is 50.5 Å². The van der Waals surface area contributed by atoms with Crippen LogP contribution in [0.1, 0.15) is 12.8 Å². The van der Waals surface area contributed by atoms with Gasteiger partial charge in [0.05, 0.1) is 0 Å². The highest BCUT2D eigenvalue weighted by atomic mass is 19.1. The standard InChI is InChI=1S/C18H24FN3O2/c19-16-2-4-18(5-3-16)24-14-17(23)13-21-10-6-15(7-11-21)12-22-9-1-8-20-22/h1-5,8-9,15,17,23H,6-7,10-14H2/t17-/m1/s1. The zero-order valence-electron chi connectivity index (χ0n) is 13.7. The van der Waals surface area contributed by atoms with Gasteiger partial charge in [-0.3, -0.25) is 4.68 Å². The van der Waals surface area contributed by atoms with Crippen molar-refractivity contribution in [3.63, 3.8) is 0 Å². The molecule has 0 unspecified atom stereocenters. The molecule has 1 atom stereocenters. The molecule has 24 heavy (non-hydrogen) atoms. The number of aromatic nitrogens is 2. The van der Waals surface area contributed by atoms with E-state index in [0.717, 1.165) is 32.5 Å². The molecule has 1 aromatic heterocycles. The van der Waals surface area contributed by atoms with Gasteiger partial charge >= 0.3 is 0 Å². The first kappa shape index (κ1) is 16.9. The molecule has 2 heterocycles. The predicted octanol–water partition coefficient (Wildman–Crippen LogP) is 2.17. The average molecular weight is 333 g/mol. The normalized spacial score (nSPS) is 17.8. The molecule has 1 N–H and O–H groups in total. The number of aliphatic hydroxyl groups is 1. The molecule has 130 valence electrons. The largest absolute Gasteiger partial charge is 0.491 e. The lowest BCUT2D eigenvalue weighted by Gasteiger charge is -2.33. The second-order valence-electron chi connectivity index (χ2n) is 6.39. The van der Waals surface area contributed by atoms with Crippen molar-refractivity contribution in [2.45, 2.75) is 25.5 Å². The number of rotatable bonds is 7. The van der Waals surface area contributed by atoms with Crippen LogP contribution in [-0.2, 0) is 6.54 Å². The summed E-state index contributed by atoms with van der Waals surface area (Å²) in [5, 5.41) is 14.4. The minimum atomic E-state index is -0.544. The first-order valence-corrected chi connectivity index (χ1v) is 8.45. The molecule has 2 aromatic rings. The van der Waals surface area contributed by atoms with Crippen LogP contribution in [0.5, 0.6) is 5.75 Å². The Hall–Kier alpha value is -1.92. The van der Waals surface area contributed by atoms with Crippen LogP contribution in [0.3, 0.4) is 0 Å². The number of benzene rings is 1. The fraction of sp³-hybridized carbons (Fsp3) is 0.500. The van der Waals surface area contributed by atoms with E-state index in [0.29, 0.717) is 18.2 Å². The molecule has 1 fully saturated rings. The van der Waals surface area contributed by atoms with Crippen LogP contribution in [0.4, 0.5) is 4.39 Å². The summed E-state index contributed by atoms with van der Waals surface area (Å²) in [6, 6.07) is 7.80. The summed E-state index contributed by atoms with van der Waals surface area (Å²) in [4.78, 5) is 2.28. The Morgan fingerprint density at radius 2 is 2.00 bits per heavy atom. The lowest BCUT2D eigenvalue weighted by Crippen LogP contribution is -2.41. The van der Waals surface area contributed by atoms with E-state index in [9.17, 15) is 9.50 Å². The van der Waals surface area contributed by atoms with Crippen LogP contribution in [-0.4, -0.2) is 52.1 Å². The van der Waals surface area contributed by atoms with Gasteiger partial charge in [-0.2, -0.15) is 5.10 Å². The predicted molar refractivity (Wildman–Crippen MR) is 89.3 cm³/mol. The highest BCUT2D eigenvalue weighted by Gasteiger charge is 2.21. The number of halogens is 1. The Balaban J connectivity index is 1.35. The molecule has 1 aromatic carbocycles. The number of β-amino-alcohol motifs (C(OH)–C–C–N with tert-alkyl or cyclic N) is 1. The van der Waals surface area contributed by atoms with Gasteiger partial charge in [-0.15, -0.1) is 0 Å². The van der Waals surface area contributed by atoms with Crippen LogP contribution in [0.15, 0.2) is 42.7 Å². The van der Waals surface area contributed by atoms with Crippen molar-refractivity contribution in [1.82, 2.24) is 14.7 Å². The van der Waals surface area contributed by atoms with Crippen molar-refractivity contribution in [3.05, 3.63) is 48.5 Å². The zero-order valence-corrected chi connectivity index (χ0v) is 13.7. The zero-order chi connectivity index (χ0) is 16.8. The third kappa shape index (κ3) is 5.04. The summed E-state index contributed by atoms with van der Waals surface area (Å²) in [6.45, 7) is 3.77. The maximum atomic E-state index is 12.8. The third-order valence-corrected chi connectivity index (χ3v) is 4.44. The molecule has 0 aliphatic carbocycles. The van der Waals surface area contributed by atoms with E-state index in [-0.39, 0.29) is 12.4 Å². The Labute approximate surface area is 141 Å². The SMILES string of the molecule is O[C@@H](COc1ccc(F)cc1)CN1CCC(Cn2cccn2)CC1. The molecule has 0 amide bonds. The molecular formula is C18H24FN3O2. The molecule has 6 heteroatoms. The summed E-state index contributed by atoms with van der Waals surface area (Å²) < 4.78 is 20.3. The molecule has 0 spiro atoms.